The average Bonchev–Trinajstić information content (AvgIpc) is 2.56. The molecule has 0 saturated carbocycles. The Kier molecular flexibility index (Phi) is 5.46. The van der Waals surface area contributed by atoms with Crippen LogP contribution in [0, 0.1) is 0 Å². The van der Waals surface area contributed by atoms with E-state index in [0.29, 0.717) is 0 Å². The summed E-state index contributed by atoms with van der Waals surface area (Å²) in [6, 6.07) is 14.9. The highest BCUT2D eigenvalue weighted by atomic mass is 16.5. The Morgan fingerprint density at radius 2 is 1.57 bits per heavy atom. The monoisotopic (exact) mass is 313 g/mol. The van der Waals surface area contributed by atoms with Crippen LogP contribution in [-0.2, 0) is 4.79 Å². The van der Waals surface area contributed by atoms with E-state index in [1.165, 1.54) is 0 Å². The van der Waals surface area contributed by atoms with E-state index in [2.05, 4.69) is 10.6 Å². The lowest BCUT2D eigenvalue weighted by atomic mass is 10.2. The van der Waals surface area contributed by atoms with Gasteiger partial charge in [0.05, 0.1) is 7.11 Å². The molecule has 2 rings (SSSR count). The molecule has 0 fully saturated rings. The van der Waals surface area contributed by atoms with Gasteiger partial charge < -0.3 is 20.3 Å². The largest absolute Gasteiger partial charge is 0.497 e. The molecule has 122 valence electrons. The number of hydrogen-bond donors (Lipinski definition) is 2. The van der Waals surface area contributed by atoms with Gasteiger partial charge in [-0.05, 0) is 55.5 Å². The Hall–Kier alpha value is -2.69. The fourth-order valence-corrected chi connectivity index (χ4v) is 2.10. The maximum atomic E-state index is 12.2. The van der Waals surface area contributed by atoms with Gasteiger partial charge in [-0.2, -0.15) is 0 Å². The van der Waals surface area contributed by atoms with Crippen LogP contribution >= 0.6 is 0 Å². The molecule has 1 amide bonds. The molecule has 5 nitrogen and oxygen atoms in total. The molecule has 2 aromatic rings. The first-order valence-corrected chi connectivity index (χ1v) is 7.48. The Morgan fingerprint density at radius 3 is 2.09 bits per heavy atom. The summed E-state index contributed by atoms with van der Waals surface area (Å²) in [6.45, 7) is 1.83. The maximum absolute atomic E-state index is 12.2. The summed E-state index contributed by atoms with van der Waals surface area (Å²) in [5.41, 5.74) is 2.74. The minimum atomic E-state index is -0.350. The molecule has 2 N–H and O–H groups in total. The van der Waals surface area contributed by atoms with Crippen LogP contribution in [0.15, 0.2) is 48.5 Å². The van der Waals surface area contributed by atoms with Gasteiger partial charge in [0, 0.05) is 31.2 Å². The van der Waals surface area contributed by atoms with Crippen LogP contribution in [0.2, 0.25) is 0 Å². The molecule has 5 heteroatoms. The number of ether oxygens (including phenoxy) is 1. The Morgan fingerprint density at radius 1 is 1.00 bits per heavy atom. The lowest BCUT2D eigenvalue weighted by Crippen LogP contribution is -2.31. The van der Waals surface area contributed by atoms with Crippen molar-refractivity contribution in [2.75, 3.05) is 36.7 Å². The van der Waals surface area contributed by atoms with Crippen molar-refractivity contribution in [3.63, 3.8) is 0 Å². The second-order valence-electron chi connectivity index (χ2n) is 5.53. The number of anilines is 3. The molecule has 0 spiro atoms. The third-order valence-corrected chi connectivity index (χ3v) is 3.52. The van der Waals surface area contributed by atoms with Gasteiger partial charge >= 0.3 is 0 Å². The van der Waals surface area contributed by atoms with E-state index in [1.54, 1.807) is 7.11 Å². The molecular weight excluding hydrogens is 290 g/mol. The van der Waals surface area contributed by atoms with Crippen molar-refractivity contribution in [2.45, 2.75) is 13.0 Å². The van der Waals surface area contributed by atoms with E-state index in [1.807, 2.05) is 74.4 Å². The highest BCUT2D eigenvalue weighted by molar-refractivity contribution is 5.96. The molecule has 0 aliphatic heterocycles. The van der Waals surface area contributed by atoms with Crippen molar-refractivity contribution in [3.8, 4) is 5.75 Å². The molecule has 0 bridgehead atoms. The van der Waals surface area contributed by atoms with E-state index >= 15 is 0 Å². The topological polar surface area (TPSA) is 53.6 Å². The van der Waals surface area contributed by atoms with Crippen molar-refractivity contribution in [3.05, 3.63) is 48.5 Å². The van der Waals surface area contributed by atoms with Crippen molar-refractivity contribution in [2.24, 2.45) is 0 Å². The molecule has 0 aromatic heterocycles. The first-order chi connectivity index (χ1) is 11.0. The Bertz CT molecular complexity index is 636. The molecule has 1 unspecified atom stereocenters. The van der Waals surface area contributed by atoms with E-state index in [4.69, 9.17) is 4.74 Å². The van der Waals surface area contributed by atoms with Crippen LogP contribution in [0.25, 0.3) is 0 Å². The summed E-state index contributed by atoms with van der Waals surface area (Å²) in [7, 11) is 5.59. The number of nitrogens with one attached hydrogen (secondary N) is 2. The standard InChI is InChI=1S/C18H23N3O2/c1-13(19-14-7-11-17(23-4)12-8-14)18(22)20-15-5-9-16(10-6-15)21(2)3/h5-13,19H,1-4H3,(H,20,22). The molecule has 1 atom stereocenters. The summed E-state index contributed by atoms with van der Waals surface area (Å²) in [5.74, 6) is 0.701. The quantitative estimate of drug-likeness (QED) is 0.860. The fourth-order valence-electron chi connectivity index (χ4n) is 2.10. The average molecular weight is 313 g/mol. The smallest absolute Gasteiger partial charge is 0.246 e. The van der Waals surface area contributed by atoms with Crippen LogP contribution in [-0.4, -0.2) is 33.2 Å². The molecule has 0 aliphatic carbocycles. The second kappa shape index (κ2) is 7.54. The van der Waals surface area contributed by atoms with E-state index in [-0.39, 0.29) is 11.9 Å². The molecule has 0 saturated heterocycles. The zero-order chi connectivity index (χ0) is 16.8. The normalized spacial score (nSPS) is 11.5. The van der Waals surface area contributed by atoms with Crippen LogP contribution in [0.3, 0.4) is 0 Å². The van der Waals surface area contributed by atoms with Crippen molar-refractivity contribution in [1.82, 2.24) is 0 Å². The molecule has 23 heavy (non-hydrogen) atoms. The van der Waals surface area contributed by atoms with Crippen LogP contribution in [0.5, 0.6) is 5.75 Å². The zero-order valence-electron chi connectivity index (χ0n) is 14.0. The molecule has 0 heterocycles. The van der Waals surface area contributed by atoms with E-state index < -0.39 is 0 Å². The third kappa shape index (κ3) is 4.64. The predicted molar refractivity (Wildman–Crippen MR) is 95.5 cm³/mol. The molecule has 2 aromatic carbocycles. The van der Waals surface area contributed by atoms with Gasteiger partial charge in [-0.3, -0.25) is 4.79 Å². The Labute approximate surface area is 137 Å². The van der Waals surface area contributed by atoms with Gasteiger partial charge in [-0.25, -0.2) is 0 Å². The zero-order valence-corrected chi connectivity index (χ0v) is 14.0. The van der Waals surface area contributed by atoms with Crippen LogP contribution < -0.4 is 20.3 Å². The summed E-state index contributed by atoms with van der Waals surface area (Å²) in [4.78, 5) is 14.3. The first-order valence-electron chi connectivity index (χ1n) is 7.48. The summed E-state index contributed by atoms with van der Waals surface area (Å²) < 4.78 is 5.12. The second-order valence-corrected chi connectivity index (χ2v) is 5.53. The molecular formula is C18H23N3O2. The lowest BCUT2D eigenvalue weighted by molar-refractivity contribution is -0.116. The number of carbonyl (C=O) groups excluding carboxylic acids is 1. The highest BCUT2D eigenvalue weighted by Crippen LogP contribution is 2.18. The molecule has 0 aliphatic rings. The summed E-state index contributed by atoms with van der Waals surface area (Å²) in [6.07, 6.45) is 0. The number of rotatable bonds is 6. The highest BCUT2D eigenvalue weighted by Gasteiger charge is 2.12. The van der Waals surface area contributed by atoms with Crippen molar-refractivity contribution < 1.29 is 9.53 Å². The van der Waals surface area contributed by atoms with Crippen molar-refractivity contribution >= 4 is 23.0 Å². The number of nitrogens with zero attached hydrogens (tertiary/aromatic N) is 1. The van der Waals surface area contributed by atoms with Gasteiger partial charge in [-0.1, -0.05) is 0 Å². The van der Waals surface area contributed by atoms with E-state index in [9.17, 15) is 4.79 Å². The third-order valence-electron chi connectivity index (χ3n) is 3.52. The predicted octanol–water partition coefficient (Wildman–Crippen LogP) is 3.20. The summed E-state index contributed by atoms with van der Waals surface area (Å²) >= 11 is 0. The Balaban J connectivity index is 1.93. The lowest BCUT2D eigenvalue weighted by Gasteiger charge is -2.16. The number of carbonyl (C=O) groups is 1. The number of benzene rings is 2. The number of hydrogen-bond acceptors (Lipinski definition) is 4. The van der Waals surface area contributed by atoms with Gasteiger partial charge in [-0.15, -0.1) is 0 Å². The molecule has 0 radical (unpaired) electrons. The van der Waals surface area contributed by atoms with Crippen LogP contribution in [0.1, 0.15) is 6.92 Å². The van der Waals surface area contributed by atoms with Gasteiger partial charge in [0.25, 0.3) is 0 Å². The number of amides is 1. The van der Waals surface area contributed by atoms with Crippen molar-refractivity contribution in [1.29, 1.82) is 0 Å². The van der Waals surface area contributed by atoms with Gasteiger partial charge in [0.2, 0.25) is 5.91 Å². The minimum absolute atomic E-state index is 0.0848. The summed E-state index contributed by atoms with van der Waals surface area (Å²) in [5, 5.41) is 6.07. The van der Waals surface area contributed by atoms with Gasteiger partial charge in [0.15, 0.2) is 0 Å². The maximum Gasteiger partial charge on any atom is 0.246 e. The minimum Gasteiger partial charge on any atom is -0.497 e. The van der Waals surface area contributed by atoms with Gasteiger partial charge in [0.1, 0.15) is 11.8 Å². The number of methoxy groups -OCH3 is 1. The fraction of sp³-hybridized carbons (Fsp3) is 0.278. The van der Waals surface area contributed by atoms with E-state index in [0.717, 1.165) is 22.8 Å². The van der Waals surface area contributed by atoms with Crippen LogP contribution in [0.4, 0.5) is 17.1 Å². The first kappa shape index (κ1) is 16.7. The SMILES string of the molecule is COc1ccc(NC(C)C(=O)Nc2ccc(N(C)C)cc2)cc1.